The van der Waals surface area contributed by atoms with E-state index in [1.165, 1.54) is 0 Å². The van der Waals surface area contributed by atoms with E-state index in [0.29, 0.717) is 30.7 Å². The molecular weight excluding hydrogens is 312 g/mol. The molecule has 0 bridgehead atoms. The number of nitrogens with one attached hydrogen (secondary N) is 2. The number of rotatable bonds is 5. The molecule has 8 heteroatoms. The molecule has 1 fully saturated rings. The van der Waals surface area contributed by atoms with E-state index >= 15 is 0 Å². The number of nitrogens with zero attached hydrogens (tertiary/aromatic N) is 2. The smallest absolute Gasteiger partial charge is 0.267 e. The van der Waals surface area contributed by atoms with Crippen LogP contribution in [0.4, 0.5) is 0 Å². The first-order chi connectivity index (χ1) is 11.6. The Bertz CT molecular complexity index is 670. The van der Waals surface area contributed by atoms with E-state index in [1.807, 2.05) is 6.07 Å². The van der Waals surface area contributed by atoms with Crippen molar-refractivity contribution in [1.82, 2.24) is 15.7 Å². The number of amides is 2. The quantitative estimate of drug-likeness (QED) is 0.717. The first-order valence-corrected chi connectivity index (χ1v) is 7.90. The summed E-state index contributed by atoms with van der Waals surface area (Å²) in [7, 11) is 1.56. The summed E-state index contributed by atoms with van der Waals surface area (Å²) in [4.78, 5) is 27.7. The van der Waals surface area contributed by atoms with Crippen LogP contribution in [0.3, 0.4) is 0 Å². The summed E-state index contributed by atoms with van der Waals surface area (Å²) in [5.41, 5.74) is 3.45. The number of aliphatic hydroxyl groups is 1. The van der Waals surface area contributed by atoms with Gasteiger partial charge in [0, 0.05) is 19.0 Å². The Hall–Kier alpha value is -2.48. The number of hydrazone groups is 1. The Labute approximate surface area is 139 Å². The Morgan fingerprint density at radius 2 is 2.21 bits per heavy atom. The third-order valence-corrected chi connectivity index (χ3v) is 4.40. The van der Waals surface area contributed by atoms with Crippen molar-refractivity contribution in [3.05, 3.63) is 24.0 Å². The molecule has 1 unspecified atom stereocenters. The number of pyridine rings is 1. The number of carbonyl (C=O) groups is 2. The average Bonchev–Trinajstić information content (AvgIpc) is 2.57. The predicted octanol–water partition coefficient (Wildman–Crippen LogP) is 0.284. The first-order valence-electron chi connectivity index (χ1n) is 7.90. The lowest BCUT2D eigenvalue weighted by Crippen LogP contribution is -2.44. The van der Waals surface area contributed by atoms with Gasteiger partial charge in [0.2, 0.25) is 5.91 Å². The number of ether oxygens (including phenoxy) is 1. The predicted molar refractivity (Wildman–Crippen MR) is 85.2 cm³/mol. The summed E-state index contributed by atoms with van der Waals surface area (Å²) < 4.78 is 5.19. The average molecular weight is 332 g/mol. The van der Waals surface area contributed by atoms with Gasteiger partial charge in [-0.15, -0.1) is 0 Å². The van der Waals surface area contributed by atoms with E-state index in [9.17, 15) is 14.7 Å². The molecule has 2 heterocycles. The second kappa shape index (κ2) is 6.96. The third kappa shape index (κ3) is 3.53. The molecular formula is C16H20N4O4. The van der Waals surface area contributed by atoms with Crippen LogP contribution in [-0.2, 0) is 9.59 Å². The zero-order valence-electron chi connectivity index (χ0n) is 13.4. The molecule has 1 aromatic heterocycles. The molecule has 0 aromatic carbocycles. The third-order valence-electron chi connectivity index (χ3n) is 4.40. The van der Waals surface area contributed by atoms with Crippen molar-refractivity contribution in [2.75, 3.05) is 7.11 Å². The zero-order chi connectivity index (χ0) is 17.1. The lowest BCUT2D eigenvalue weighted by molar-refractivity contribution is -0.121. The van der Waals surface area contributed by atoms with Crippen molar-refractivity contribution in [1.29, 1.82) is 0 Å². The van der Waals surface area contributed by atoms with E-state index in [4.69, 9.17) is 4.74 Å². The lowest BCUT2D eigenvalue weighted by Gasteiger charge is -2.38. The Morgan fingerprint density at radius 1 is 1.42 bits per heavy atom. The molecule has 0 spiro atoms. The van der Waals surface area contributed by atoms with Crippen LogP contribution in [0.1, 0.15) is 37.3 Å². The molecule has 2 amide bonds. The summed E-state index contributed by atoms with van der Waals surface area (Å²) in [6, 6.07) is 1.54. The SMILES string of the molecule is COc1cncc(C(NC(=O)C2=NNC(=O)CC2)C2CC(O)C2)c1. The molecule has 1 saturated carbocycles. The maximum atomic E-state index is 12.5. The minimum Gasteiger partial charge on any atom is -0.495 e. The van der Waals surface area contributed by atoms with Crippen LogP contribution < -0.4 is 15.5 Å². The van der Waals surface area contributed by atoms with Crippen molar-refractivity contribution in [2.45, 2.75) is 37.8 Å². The summed E-state index contributed by atoms with van der Waals surface area (Å²) in [6.45, 7) is 0. The molecule has 1 aromatic rings. The molecule has 1 atom stereocenters. The van der Waals surface area contributed by atoms with Crippen LogP contribution in [-0.4, -0.2) is 40.8 Å². The van der Waals surface area contributed by atoms with E-state index in [0.717, 1.165) is 5.56 Å². The van der Waals surface area contributed by atoms with Gasteiger partial charge in [-0.3, -0.25) is 14.6 Å². The summed E-state index contributed by atoms with van der Waals surface area (Å²) in [5, 5.41) is 16.4. The highest BCUT2D eigenvalue weighted by Crippen LogP contribution is 2.38. The maximum absolute atomic E-state index is 12.5. The van der Waals surface area contributed by atoms with Crippen molar-refractivity contribution in [2.24, 2.45) is 11.0 Å². The van der Waals surface area contributed by atoms with Gasteiger partial charge in [-0.1, -0.05) is 0 Å². The number of carbonyl (C=O) groups excluding carboxylic acids is 2. The van der Waals surface area contributed by atoms with Crippen LogP contribution in [0.2, 0.25) is 0 Å². The van der Waals surface area contributed by atoms with Gasteiger partial charge in [0.05, 0.1) is 25.5 Å². The second-order valence-electron chi connectivity index (χ2n) is 6.09. The van der Waals surface area contributed by atoms with E-state index in [1.54, 1.807) is 19.5 Å². The summed E-state index contributed by atoms with van der Waals surface area (Å²) in [6.07, 6.45) is 4.74. The van der Waals surface area contributed by atoms with Crippen molar-refractivity contribution >= 4 is 17.5 Å². The minimum atomic E-state index is -0.334. The van der Waals surface area contributed by atoms with Crippen molar-refractivity contribution in [3.8, 4) is 5.75 Å². The molecule has 1 aliphatic carbocycles. The highest BCUT2D eigenvalue weighted by atomic mass is 16.5. The molecule has 1 aliphatic heterocycles. The summed E-state index contributed by atoms with van der Waals surface area (Å²) >= 11 is 0. The lowest BCUT2D eigenvalue weighted by atomic mass is 9.75. The number of aliphatic hydroxyl groups excluding tert-OH is 1. The zero-order valence-corrected chi connectivity index (χ0v) is 13.4. The summed E-state index contributed by atoms with van der Waals surface area (Å²) in [5.74, 6) is 0.219. The van der Waals surface area contributed by atoms with Gasteiger partial charge in [0.25, 0.3) is 5.91 Å². The number of hydrogen-bond donors (Lipinski definition) is 3. The van der Waals surface area contributed by atoms with Crippen LogP contribution in [0.25, 0.3) is 0 Å². The number of methoxy groups -OCH3 is 1. The molecule has 8 nitrogen and oxygen atoms in total. The fourth-order valence-electron chi connectivity index (χ4n) is 2.96. The standard InChI is InChI=1S/C16H20N4O4/c1-24-12-6-10(7-17-8-12)15(9-4-11(21)5-9)18-16(23)13-2-3-14(22)20-19-13/h6-9,11,15,21H,2-5H2,1H3,(H,18,23)(H,20,22). The maximum Gasteiger partial charge on any atom is 0.267 e. The fraction of sp³-hybridized carbons (Fsp3) is 0.500. The largest absolute Gasteiger partial charge is 0.495 e. The Morgan fingerprint density at radius 3 is 2.83 bits per heavy atom. The fourth-order valence-corrected chi connectivity index (χ4v) is 2.96. The molecule has 24 heavy (non-hydrogen) atoms. The van der Waals surface area contributed by atoms with Crippen LogP contribution >= 0.6 is 0 Å². The Kier molecular flexibility index (Phi) is 4.75. The molecule has 128 valence electrons. The number of aromatic nitrogens is 1. The van der Waals surface area contributed by atoms with E-state index in [2.05, 4.69) is 20.8 Å². The van der Waals surface area contributed by atoms with Gasteiger partial charge in [0.15, 0.2) is 0 Å². The minimum absolute atomic E-state index is 0.122. The van der Waals surface area contributed by atoms with Gasteiger partial charge < -0.3 is 15.2 Å². The Balaban J connectivity index is 1.77. The van der Waals surface area contributed by atoms with Gasteiger partial charge in [-0.2, -0.15) is 5.10 Å². The van der Waals surface area contributed by atoms with E-state index < -0.39 is 0 Å². The van der Waals surface area contributed by atoms with Crippen molar-refractivity contribution < 1.29 is 19.4 Å². The molecule has 2 aliphatic rings. The monoisotopic (exact) mass is 332 g/mol. The van der Waals surface area contributed by atoms with Crippen LogP contribution in [0, 0.1) is 5.92 Å². The molecule has 0 radical (unpaired) electrons. The molecule has 3 rings (SSSR count). The second-order valence-corrected chi connectivity index (χ2v) is 6.09. The van der Waals surface area contributed by atoms with Gasteiger partial charge in [-0.25, -0.2) is 5.43 Å². The van der Waals surface area contributed by atoms with Crippen LogP contribution in [0.5, 0.6) is 5.75 Å². The van der Waals surface area contributed by atoms with Gasteiger partial charge in [0.1, 0.15) is 11.5 Å². The molecule has 0 saturated heterocycles. The molecule has 3 N–H and O–H groups in total. The number of hydrogen-bond acceptors (Lipinski definition) is 6. The normalized spacial score (nSPS) is 24.2. The highest BCUT2D eigenvalue weighted by molar-refractivity contribution is 6.39. The van der Waals surface area contributed by atoms with Crippen molar-refractivity contribution in [3.63, 3.8) is 0 Å². The highest BCUT2D eigenvalue weighted by Gasteiger charge is 2.36. The topological polar surface area (TPSA) is 113 Å². The van der Waals surface area contributed by atoms with E-state index in [-0.39, 0.29) is 36.3 Å². The first kappa shape index (κ1) is 16.4. The van der Waals surface area contributed by atoms with Gasteiger partial charge >= 0.3 is 0 Å². The van der Waals surface area contributed by atoms with Crippen LogP contribution in [0.15, 0.2) is 23.6 Å². The van der Waals surface area contributed by atoms with Gasteiger partial charge in [-0.05, 0) is 30.4 Å².